The minimum Gasteiger partial charge on any atom is -0.492 e. The van der Waals surface area contributed by atoms with Crippen LogP contribution in [0.15, 0.2) is 83.9 Å². The number of aliphatic hydroxyl groups is 1. The first kappa shape index (κ1) is 31.6. The fraction of sp³-hybridized carbons (Fsp3) is 0.344. The Morgan fingerprint density at radius 1 is 1.05 bits per heavy atom. The second-order valence-electron chi connectivity index (χ2n) is 10.9. The van der Waals surface area contributed by atoms with Crippen LogP contribution in [0.25, 0.3) is 0 Å². The number of piperazine rings is 1. The number of anilines is 1. The molecule has 1 aromatic heterocycles. The van der Waals surface area contributed by atoms with E-state index < -0.39 is 17.2 Å². The zero-order chi connectivity index (χ0) is 31.1. The van der Waals surface area contributed by atoms with E-state index in [1.165, 1.54) is 23.4 Å². The molecule has 1 fully saturated rings. The molecule has 1 amide bonds. The van der Waals surface area contributed by atoms with Gasteiger partial charge in [-0.05, 0) is 48.0 Å². The number of benzene rings is 3. The van der Waals surface area contributed by atoms with Crippen molar-refractivity contribution >= 4 is 27.5 Å². The smallest absolute Gasteiger partial charge is 0.219 e. The van der Waals surface area contributed by atoms with Gasteiger partial charge in [0, 0.05) is 74.5 Å². The van der Waals surface area contributed by atoms with Crippen LogP contribution in [-0.4, -0.2) is 81.5 Å². The van der Waals surface area contributed by atoms with Crippen molar-refractivity contribution in [2.24, 2.45) is 0 Å². The summed E-state index contributed by atoms with van der Waals surface area (Å²) >= 11 is 3.46. The van der Waals surface area contributed by atoms with Gasteiger partial charge in [-0.1, -0.05) is 34.1 Å². The highest BCUT2D eigenvalue weighted by Crippen LogP contribution is 2.29. The predicted octanol–water partition coefficient (Wildman–Crippen LogP) is 4.46. The Hall–Kier alpha value is -3.87. The monoisotopic (exact) mass is 668 g/mol. The molecule has 2 heterocycles. The third kappa shape index (κ3) is 8.19. The van der Waals surface area contributed by atoms with Gasteiger partial charge in [-0.3, -0.25) is 9.69 Å². The molecule has 0 saturated carbocycles. The highest BCUT2D eigenvalue weighted by molar-refractivity contribution is 9.10. The number of carbonyl (C=O) groups excluding carboxylic acids is 1. The Labute approximate surface area is 263 Å². The summed E-state index contributed by atoms with van der Waals surface area (Å²) in [7, 11) is 0. The number of aromatic nitrogens is 3. The molecule has 1 N–H and O–H groups in total. The first-order chi connectivity index (χ1) is 21.2. The van der Waals surface area contributed by atoms with E-state index in [2.05, 4.69) is 30.9 Å². The number of hydrogen-bond donors (Lipinski definition) is 1. The quantitative estimate of drug-likeness (QED) is 0.239. The molecule has 1 atom stereocenters. The molecule has 1 aliphatic heterocycles. The minimum atomic E-state index is -1.76. The number of amides is 1. The fourth-order valence-corrected chi connectivity index (χ4v) is 5.69. The van der Waals surface area contributed by atoms with Crippen molar-refractivity contribution in [2.75, 3.05) is 50.8 Å². The molecule has 0 spiro atoms. The molecule has 0 radical (unpaired) electrons. The van der Waals surface area contributed by atoms with E-state index in [-0.39, 0.29) is 24.6 Å². The molecule has 12 heteroatoms. The number of ether oxygens (including phenoxy) is 1. The van der Waals surface area contributed by atoms with Gasteiger partial charge in [0.15, 0.2) is 0 Å². The van der Waals surface area contributed by atoms with Crippen LogP contribution >= 0.6 is 15.9 Å². The summed E-state index contributed by atoms with van der Waals surface area (Å²) in [5.41, 5.74) is 0.271. The van der Waals surface area contributed by atoms with E-state index in [0.29, 0.717) is 38.5 Å². The Morgan fingerprint density at radius 2 is 1.77 bits per heavy atom. The molecule has 3 aromatic carbocycles. The lowest BCUT2D eigenvalue weighted by Crippen LogP contribution is -2.48. The summed E-state index contributed by atoms with van der Waals surface area (Å²) in [6, 6.07) is 18.9. The minimum absolute atomic E-state index is 0.0139. The van der Waals surface area contributed by atoms with Crippen molar-refractivity contribution in [1.29, 1.82) is 0 Å². The van der Waals surface area contributed by atoms with Crippen LogP contribution in [0.2, 0.25) is 0 Å². The van der Waals surface area contributed by atoms with Crippen molar-refractivity contribution in [2.45, 2.75) is 25.6 Å². The van der Waals surface area contributed by atoms with Gasteiger partial charge in [0.2, 0.25) is 5.91 Å². The van der Waals surface area contributed by atoms with Gasteiger partial charge in [-0.25, -0.2) is 18.4 Å². The number of hydrogen-bond acceptors (Lipinski definition) is 7. The summed E-state index contributed by atoms with van der Waals surface area (Å²) in [6.07, 6.45) is 2.79. The normalized spacial score (nSPS) is 15.0. The van der Waals surface area contributed by atoms with Crippen molar-refractivity contribution in [3.63, 3.8) is 0 Å². The van der Waals surface area contributed by atoms with Crippen molar-refractivity contribution < 1.29 is 23.4 Å². The van der Waals surface area contributed by atoms with Gasteiger partial charge in [-0.2, -0.15) is 5.10 Å². The number of rotatable bonds is 12. The molecule has 9 nitrogen and oxygen atoms in total. The summed E-state index contributed by atoms with van der Waals surface area (Å²) in [6.45, 7) is 5.64. The Kier molecular flexibility index (Phi) is 10.2. The third-order valence-corrected chi connectivity index (χ3v) is 8.26. The molecular weight excluding hydrogens is 634 g/mol. The van der Waals surface area contributed by atoms with Crippen molar-refractivity contribution in [3.05, 3.63) is 107 Å². The lowest BCUT2D eigenvalue weighted by molar-refractivity contribution is -0.129. The Balaban J connectivity index is 1.29. The van der Waals surface area contributed by atoms with Crippen molar-refractivity contribution in [3.8, 4) is 5.75 Å². The van der Waals surface area contributed by atoms with Crippen LogP contribution in [0.4, 0.5) is 14.5 Å². The molecule has 44 heavy (non-hydrogen) atoms. The molecule has 1 aliphatic rings. The van der Waals surface area contributed by atoms with E-state index >= 15 is 4.39 Å². The molecule has 1 saturated heterocycles. The Bertz CT molecular complexity index is 1520. The lowest BCUT2D eigenvalue weighted by Gasteiger charge is -2.35. The topological polar surface area (TPSA) is 87.0 Å². The number of carbonyl (C=O) groups is 1. The maximum atomic E-state index is 15.1. The van der Waals surface area contributed by atoms with Gasteiger partial charge in [0.05, 0.1) is 6.54 Å². The SMILES string of the molecule is CC(=O)N1CCN(c2ccc(OCCN(Cc3ccc(Br)cc3)CC(O)(Cn3cncn3)c3ccc(F)cc3F)cc2)CC1. The van der Waals surface area contributed by atoms with Gasteiger partial charge in [0.25, 0.3) is 0 Å². The predicted molar refractivity (Wildman–Crippen MR) is 166 cm³/mol. The summed E-state index contributed by atoms with van der Waals surface area (Å²) < 4.78 is 37.3. The van der Waals surface area contributed by atoms with Crippen LogP contribution in [-0.2, 0) is 23.5 Å². The van der Waals surface area contributed by atoms with Gasteiger partial charge < -0.3 is 19.6 Å². The number of halogens is 3. The molecular formula is C32H35BrF2N6O3. The fourth-order valence-electron chi connectivity index (χ4n) is 5.43. The average molecular weight is 670 g/mol. The average Bonchev–Trinajstić information content (AvgIpc) is 3.51. The molecule has 0 bridgehead atoms. The largest absolute Gasteiger partial charge is 0.492 e. The molecule has 5 rings (SSSR count). The van der Waals surface area contributed by atoms with Crippen LogP contribution in [0, 0.1) is 11.6 Å². The number of nitrogens with zero attached hydrogens (tertiary/aromatic N) is 6. The molecule has 1 unspecified atom stereocenters. The highest BCUT2D eigenvalue weighted by Gasteiger charge is 2.35. The first-order valence-electron chi connectivity index (χ1n) is 14.4. The van der Waals surface area contributed by atoms with Gasteiger partial charge in [-0.15, -0.1) is 0 Å². The van der Waals surface area contributed by atoms with E-state index in [4.69, 9.17) is 4.74 Å². The molecule has 0 aliphatic carbocycles. The zero-order valence-corrected chi connectivity index (χ0v) is 26.0. The first-order valence-corrected chi connectivity index (χ1v) is 15.2. The molecule has 4 aromatic rings. The van der Waals surface area contributed by atoms with E-state index in [9.17, 15) is 14.3 Å². The van der Waals surface area contributed by atoms with Crippen LogP contribution in [0.5, 0.6) is 5.75 Å². The summed E-state index contributed by atoms with van der Waals surface area (Å²) in [4.78, 5) is 21.7. The maximum Gasteiger partial charge on any atom is 0.219 e. The Morgan fingerprint density at radius 3 is 2.41 bits per heavy atom. The third-order valence-electron chi connectivity index (χ3n) is 7.73. The van der Waals surface area contributed by atoms with Gasteiger partial charge >= 0.3 is 0 Å². The van der Waals surface area contributed by atoms with Crippen LogP contribution < -0.4 is 9.64 Å². The second-order valence-corrected chi connectivity index (χ2v) is 11.8. The maximum absolute atomic E-state index is 15.1. The molecule has 232 valence electrons. The van der Waals surface area contributed by atoms with Crippen LogP contribution in [0.3, 0.4) is 0 Å². The lowest BCUT2D eigenvalue weighted by atomic mass is 9.92. The summed E-state index contributed by atoms with van der Waals surface area (Å²) in [5, 5.41) is 16.1. The second kappa shape index (κ2) is 14.3. The zero-order valence-electron chi connectivity index (χ0n) is 24.5. The summed E-state index contributed by atoms with van der Waals surface area (Å²) in [5.74, 6) is -0.765. The van der Waals surface area contributed by atoms with E-state index in [1.54, 1.807) is 6.92 Å². The van der Waals surface area contributed by atoms with Crippen molar-refractivity contribution in [1.82, 2.24) is 24.6 Å². The van der Waals surface area contributed by atoms with Gasteiger partial charge in [0.1, 0.15) is 42.2 Å². The van der Waals surface area contributed by atoms with E-state index in [0.717, 1.165) is 40.9 Å². The van der Waals surface area contributed by atoms with Crippen LogP contribution in [0.1, 0.15) is 18.1 Å². The highest BCUT2D eigenvalue weighted by atomic mass is 79.9. The van der Waals surface area contributed by atoms with E-state index in [1.807, 2.05) is 58.3 Å². The standard InChI is InChI=1S/C32H35BrF2N6O3/c1-24(42)39-12-14-40(15-13-39)28-7-9-29(10-8-28)44-17-16-38(19-25-2-4-26(33)5-3-25)20-32(43,21-41-23-36-22-37-41)30-11-6-27(34)18-31(30)35/h2-11,18,22-23,43H,12-17,19-21H2,1H3.